The number of hydrogen-bond acceptors (Lipinski definition) is 12. The molecule has 4 aromatic rings. The lowest BCUT2D eigenvalue weighted by atomic mass is 9.63. The van der Waals surface area contributed by atoms with Gasteiger partial charge in [-0.2, -0.15) is 10.4 Å². The first kappa shape index (κ1) is 29.8. The van der Waals surface area contributed by atoms with Crippen molar-refractivity contribution >= 4 is 33.2 Å². The van der Waals surface area contributed by atoms with Gasteiger partial charge in [-0.3, -0.25) is 0 Å². The van der Waals surface area contributed by atoms with E-state index in [0.717, 1.165) is 80.2 Å². The number of aryl methyl sites for hydroxylation is 1. The number of likely N-dealkylation sites (tertiary alicyclic amines) is 1. The van der Waals surface area contributed by atoms with Crippen LogP contribution < -0.4 is 10.6 Å². The Morgan fingerprint density at radius 1 is 1.22 bits per heavy atom. The number of fused-ring (bicyclic) bond motifs is 5. The highest BCUT2D eigenvalue weighted by atomic mass is 32.1. The van der Waals surface area contributed by atoms with Crippen molar-refractivity contribution in [2.45, 2.75) is 101 Å². The van der Waals surface area contributed by atoms with Crippen LogP contribution in [-0.2, 0) is 18.3 Å². The molecule has 6 heterocycles. The fraction of sp³-hybridized carbons (Fsp3) is 0.606. The lowest BCUT2D eigenvalue weighted by Crippen LogP contribution is -2.52. The van der Waals surface area contributed by atoms with Crippen LogP contribution in [0.4, 0.5) is 10.8 Å². The number of nitrogens with zero attached hydrogens (tertiary/aromatic N) is 8. The second kappa shape index (κ2) is 10.7. The lowest BCUT2D eigenvalue weighted by Gasteiger charge is -2.40. The van der Waals surface area contributed by atoms with Gasteiger partial charge in [0.1, 0.15) is 16.9 Å². The van der Waals surface area contributed by atoms with Gasteiger partial charge in [-0.1, -0.05) is 5.16 Å². The highest BCUT2D eigenvalue weighted by Gasteiger charge is 2.49. The number of aliphatic hydroxyl groups is 2. The number of nitrogens with two attached hydrogens (primary N) is 1. The number of piperidine rings is 1. The maximum atomic E-state index is 11.1. The molecule has 2 saturated heterocycles. The molecular weight excluding hydrogens is 602 g/mol. The number of likely N-dealkylation sites (N-methyl/N-ethyl adjacent to an activating group) is 1. The third-order valence-corrected chi connectivity index (χ3v) is 12.0. The summed E-state index contributed by atoms with van der Waals surface area (Å²) in [5.41, 5.74) is 8.74. The van der Waals surface area contributed by atoms with Crippen molar-refractivity contribution in [3.63, 3.8) is 0 Å². The smallest absolute Gasteiger partial charge is 0.186 e. The summed E-state index contributed by atoms with van der Waals surface area (Å²) >= 11 is 1.53. The Balaban J connectivity index is 1.30. The van der Waals surface area contributed by atoms with E-state index in [1.807, 2.05) is 15.8 Å². The van der Waals surface area contributed by atoms with Crippen molar-refractivity contribution in [3.05, 3.63) is 33.5 Å². The van der Waals surface area contributed by atoms with E-state index in [9.17, 15) is 15.5 Å². The molecule has 2 aliphatic heterocycles. The van der Waals surface area contributed by atoms with E-state index in [4.69, 9.17) is 25.3 Å². The molecule has 2 aliphatic carbocycles. The van der Waals surface area contributed by atoms with Crippen LogP contribution in [0.25, 0.3) is 22.6 Å². The van der Waals surface area contributed by atoms with Gasteiger partial charge in [-0.15, -0.1) is 11.3 Å². The Bertz CT molecular complexity index is 1870. The molecule has 46 heavy (non-hydrogen) atoms. The summed E-state index contributed by atoms with van der Waals surface area (Å²) in [4.78, 5) is 15.8. The Kier molecular flexibility index (Phi) is 6.96. The summed E-state index contributed by atoms with van der Waals surface area (Å²) in [6, 6.07) is 2.79. The van der Waals surface area contributed by atoms with E-state index in [1.54, 1.807) is 6.92 Å². The third-order valence-electron chi connectivity index (χ3n) is 11.0. The first-order valence-corrected chi connectivity index (χ1v) is 17.3. The zero-order valence-electron chi connectivity index (χ0n) is 26.7. The molecule has 1 spiro atoms. The number of nitrogen functional groups attached to an aromatic ring is 1. The topological polar surface area (TPSA) is 166 Å². The van der Waals surface area contributed by atoms with E-state index in [2.05, 4.69) is 30.1 Å². The van der Waals surface area contributed by atoms with E-state index < -0.39 is 17.1 Å². The molecular formula is C33H41N9O3S. The molecule has 4 aliphatic rings. The minimum Gasteiger partial charge on any atom is -0.391 e. The number of β-amino-alcohol motifs (C(OH)–C–C–N with tert-alkyl or cyclic N) is 2. The van der Waals surface area contributed by atoms with Gasteiger partial charge in [-0.25, -0.2) is 14.6 Å². The quantitative estimate of drug-likeness (QED) is 0.295. The monoisotopic (exact) mass is 643 g/mol. The normalized spacial score (nSPS) is 28.8. The minimum atomic E-state index is -1.08. The molecule has 0 bridgehead atoms. The number of aromatic nitrogens is 5. The van der Waals surface area contributed by atoms with E-state index >= 15 is 0 Å². The first-order valence-electron chi connectivity index (χ1n) is 16.5. The molecule has 0 amide bonds. The summed E-state index contributed by atoms with van der Waals surface area (Å²) in [6.07, 6.45) is 8.98. The average Bonchev–Trinajstić information content (AvgIpc) is 3.80. The van der Waals surface area contributed by atoms with Crippen molar-refractivity contribution in [1.82, 2.24) is 29.8 Å². The van der Waals surface area contributed by atoms with Gasteiger partial charge in [-0.05, 0) is 84.4 Å². The molecule has 0 aromatic carbocycles. The zero-order valence-corrected chi connectivity index (χ0v) is 27.5. The highest BCUT2D eigenvalue weighted by molar-refractivity contribution is 7.16. The molecule has 5 atom stereocenters. The second-order valence-corrected chi connectivity index (χ2v) is 15.4. The fourth-order valence-corrected chi connectivity index (χ4v) is 10.2. The first-order chi connectivity index (χ1) is 22.1. The molecule has 4 N–H and O–H groups in total. The highest BCUT2D eigenvalue weighted by Crippen LogP contribution is 2.55. The molecule has 4 aromatic heterocycles. The predicted octanol–water partition coefficient (Wildman–Crippen LogP) is 3.93. The van der Waals surface area contributed by atoms with Gasteiger partial charge in [0.2, 0.25) is 0 Å². The van der Waals surface area contributed by atoms with Crippen molar-refractivity contribution in [2.75, 3.05) is 37.3 Å². The number of aliphatic hydroxyl groups excluding tert-OH is 1. The van der Waals surface area contributed by atoms with Crippen LogP contribution in [0.2, 0.25) is 0 Å². The molecule has 5 unspecified atom stereocenters. The van der Waals surface area contributed by atoms with Crippen LogP contribution in [-0.4, -0.2) is 84.4 Å². The molecule has 0 saturated carbocycles. The zero-order chi connectivity index (χ0) is 32.0. The number of hydrogen-bond donors (Lipinski definition) is 3. The number of thiophene rings is 1. The summed E-state index contributed by atoms with van der Waals surface area (Å²) < 4.78 is 8.31. The van der Waals surface area contributed by atoms with Crippen LogP contribution >= 0.6 is 11.3 Å². The van der Waals surface area contributed by atoms with Gasteiger partial charge in [0.15, 0.2) is 22.9 Å². The van der Waals surface area contributed by atoms with Gasteiger partial charge in [0.05, 0.1) is 40.3 Å². The predicted molar refractivity (Wildman–Crippen MR) is 175 cm³/mol. The van der Waals surface area contributed by atoms with Gasteiger partial charge in [0.25, 0.3) is 0 Å². The fourth-order valence-electron chi connectivity index (χ4n) is 9.01. The number of nitriles is 1. The standard InChI is InChI=1S/C33H41N9O3S/c1-18(23-8-6-12-40(23)3)42-31-22(15-36-42)30(41-16-19(43)13-32(2,44)17-41)37-29(38-31)26-20-7-4-10-33(27(20)45-39-26)11-5-9-24-25(33)21(14-34)28(35)46-24/h15,18-19,23,43-44H,4-13,16-17,35H2,1-3H3. The van der Waals surface area contributed by atoms with E-state index in [-0.39, 0.29) is 6.04 Å². The summed E-state index contributed by atoms with van der Waals surface area (Å²) in [5.74, 6) is 1.87. The Hall–Kier alpha value is -3.57. The number of anilines is 2. The molecule has 242 valence electrons. The average molecular weight is 644 g/mol. The molecule has 13 heteroatoms. The summed E-state index contributed by atoms with van der Waals surface area (Å²) in [7, 11) is 2.16. The summed E-state index contributed by atoms with van der Waals surface area (Å²) in [6.45, 7) is 5.66. The van der Waals surface area contributed by atoms with Crippen LogP contribution in [0.3, 0.4) is 0 Å². The van der Waals surface area contributed by atoms with Crippen LogP contribution in [0.15, 0.2) is 10.7 Å². The largest absolute Gasteiger partial charge is 0.391 e. The van der Waals surface area contributed by atoms with Gasteiger partial charge < -0.3 is 30.3 Å². The Morgan fingerprint density at radius 2 is 2.02 bits per heavy atom. The van der Waals surface area contributed by atoms with Crippen molar-refractivity contribution < 1.29 is 14.7 Å². The van der Waals surface area contributed by atoms with Gasteiger partial charge >= 0.3 is 0 Å². The molecule has 8 rings (SSSR count). The molecule has 0 radical (unpaired) electrons. The van der Waals surface area contributed by atoms with Gasteiger partial charge in [0, 0.05) is 36.0 Å². The van der Waals surface area contributed by atoms with Crippen molar-refractivity contribution in [2.24, 2.45) is 0 Å². The summed E-state index contributed by atoms with van der Waals surface area (Å²) in [5, 5.41) is 42.8. The minimum absolute atomic E-state index is 0.0688. The molecule has 2 fully saturated rings. The number of rotatable bonds is 4. The third kappa shape index (κ3) is 4.48. The van der Waals surface area contributed by atoms with Crippen molar-refractivity contribution in [3.8, 4) is 17.6 Å². The second-order valence-electron chi connectivity index (χ2n) is 14.2. The van der Waals surface area contributed by atoms with Crippen LogP contribution in [0.5, 0.6) is 0 Å². The van der Waals surface area contributed by atoms with E-state index in [0.29, 0.717) is 59.1 Å². The van der Waals surface area contributed by atoms with Crippen LogP contribution in [0, 0.1) is 11.3 Å². The Morgan fingerprint density at radius 3 is 2.76 bits per heavy atom. The SMILES string of the molecule is CC(C1CCCN1C)n1ncc2c(N3CC(O)CC(C)(O)C3)nc(-c3noc4c3CCCC43CCCc4sc(N)c(C#N)c43)nc21. The maximum absolute atomic E-state index is 11.1. The van der Waals surface area contributed by atoms with Crippen molar-refractivity contribution in [1.29, 1.82) is 5.26 Å². The maximum Gasteiger partial charge on any atom is 0.186 e. The Labute approximate surface area is 271 Å². The molecule has 12 nitrogen and oxygen atoms in total. The lowest BCUT2D eigenvalue weighted by molar-refractivity contribution is -0.00801. The van der Waals surface area contributed by atoms with Crippen LogP contribution in [0.1, 0.15) is 92.2 Å². The van der Waals surface area contributed by atoms with E-state index in [1.165, 1.54) is 16.2 Å².